The molecule has 0 saturated heterocycles. The minimum Gasteiger partial charge on any atom is -0.314 e. The number of alkyl halides is 2. The summed E-state index contributed by atoms with van der Waals surface area (Å²) in [6.45, 7) is 4.81. The van der Waals surface area contributed by atoms with Gasteiger partial charge in [0.05, 0.1) is 0 Å². The summed E-state index contributed by atoms with van der Waals surface area (Å²) < 4.78 is 23.9. The van der Waals surface area contributed by atoms with Crippen LogP contribution in [0.4, 0.5) is 8.78 Å². The first-order valence-corrected chi connectivity index (χ1v) is 4.12. The minimum atomic E-state index is -2.10. The van der Waals surface area contributed by atoms with E-state index in [1.165, 1.54) is 0 Å². The number of hydrogen-bond donors (Lipinski definition) is 1. The summed E-state index contributed by atoms with van der Waals surface area (Å²) in [7, 11) is 0. The first-order valence-electron chi connectivity index (χ1n) is 4.12. The van der Waals surface area contributed by atoms with Gasteiger partial charge in [-0.05, 0) is 18.9 Å². The van der Waals surface area contributed by atoms with Gasteiger partial charge in [-0.3, -0.25) is 0 Å². The molecule has 0 aromatic rings. The van der Waals surface area contributed by atoms with Crippen LogP contribution in [0.15, 0.2) is 0 Å². The molecule has 0 bridgehead atoms. The Balaban J connectivity index is 2.04. The van der Waals surface area contributed by atoms with Gasteiger partial charge in [0.25, 0.3) is 0 Å². The highest BCUT2D eigenvalue weighted by Crippen LogP contribution is 2.42. The fourth-order valence-corrected chi connectivity index (χ4v) is 1.20. The van der Waals surface area contributed by atoms with Crippen LogP contribution in [0.2, 0.25) is 0 Å². The lowest BCUT2D eigenvalue weighted by Gasteiger charge is -2.06. The average molecular weight is 163 g/mol. The summed E-state index contributed by atoms with van der Waals surface area (Å²) in [5.41, 5.74) is 0. The van der Waals surface area contributed by atoms with Gasteiger partial charge in [-0.25, -0.2) is 8.78 Å². The fraction of sp³-hybridized carbons (Fsp3) is 1.00. The zero-order valence-corrected chi connectivity index (χ0v) is 6.98. The van der Waals surface area contributed by atoms with Crippen LogP contribution < -0.4 is 5.32 Å². The van der Waals surface area contributed by atoms with Crippen LogP contribution in [0.3, 0.4) is 0 Å². The lowest BCUT2D eigenvalue weighted by molar-refractivity contribution is 0.116. The van der Waals surface area contributed by atoms with Gasteiger partial charge < -0.3 is 5.32 Å². The van der Waals surface area contributed by atoms with E-state index in [1.807, 2.05) is 13.8 Å². The average Bonchev–Trinajstić information content (AvgIpc) is 2.61. The smallest absolute Gasteiger partial charge is 0.241 e. The van der Waals surface area contributed by atoms with Crippen molar-refractivity contribution in [2.24, 2.45) is 11.8 Å². The minimum absolute atomic E-state index is 0.234. The number of halogens is 2. The van der Waals surface area contributed by atoms with Gasteiger partial charge >= 0.3 is 0 Å². The fourth-order valence-electron chi connectivity index (χ4n) is 1.20. The molecular formula is C8H15F2N. The van der Waals surface area contributed by atoms with Crippen molar-refractivity contribution in [2.75, 3.05) is 6.54 Å². The number of rotatable bonds is 4. The van der Waals surface area contributed by atoms with Gasteiger partial charge in [0, 0.05) is 12.0 Å². The van der Waals surface area contributed by atoms with Crippen molar-refractivity contribution in [1.82, 2.24) is 5.32 Å². The second-order valence-electron chi connectivity index (χ2n) is 3.56. The van der Waals surface area contributed by atoms with Crippen molar-refractivity contribution in [3.05, 3.63) is 0 Å². The first-order chi connectivity index (χ1) is 5.11. The molecule has 1 fully saturated rings. The molecule has 1 nitrogen and oxygen atoms in total. The summed E-state index contributed by atoms with van der Waals surface area (Å²) >= 11 is 0. The maximum absolute atomic E-state index is 12.0. The highest BCUT2D eigenvalue weighted by atomic mass is 19.3. The molecule has 0 spiro atoms. The van der Waals surface area contributed by atoms with Gasteiger partial charge in [-0.15, -0.1) is 0 Å². The molecule has 0 heterocycles. The van der Waals surface area contributed by atoms with E-state index >= 15 is 0 Å². The third-order valence-corrected chi connectivity index (χ3v) is 2.09. The van der Waals surface area contributed by atoms with Crippen LogP contribution in [0.5, 0.6) is 0 Å². The first kappa shape index (κ1) is 8.91. The lowest BCUT2D eigenvalue weighted by atomic mass is 10.3. The van der Waals surface area contributed by atoms with Crippen LogP contribution in [-0.2, 0) is 0 Å². The normalized spacial score (nSPS) is 30.0. The highest BCUT2D eigenvalue weighted by molar-refractivity contribution is 4.89. The Kier molecular flexibility index (Phi) is 2.82. The Labute approximate surface area is 66.2 Å². The van der Waals surface area contributed by atoms with Gasteiger partial charge in [0.15, 0.2) is 0 Å². The predicted octanol–water partition coefficient (Wildman–Crippen LogP) is 1.89. The van der Waals surface area contributed by atoms with Gasteiger partial charge in [-0.1, -0.05) is 13.8 Å². The third-order valence-electron chi connectivity index (χ3n) is 2.09. The Hall–Kier alpha value is -0.180. The lowest BCUT2D eigenvalue weighted by Crippen LogP contribution is -2.25. The van der Waals surface area contributed by atoms with Crippen molar-refractivity contribution < 1.29 is 8.78 Å². The summed E-state index contributed by atoms with van der Waals surface area (Å²) in [5.74, 6) is -0.0846. The van der Waals surface area contributed by atoms with Crippen LogP contribution in [0.1, 0.15) is 20.3 Å². The standard InChI is InChI=1S/C8H15F2N/c1-5(2)11-4-6-3-7(6)8(9)10/h5-8,11H,3-4H2,1-2H3. The Bertz CT molecular complexity index is 125. The molecule has 0 amide bonds. The molecule has 0 radical (unpaired) electrons. The van der Waals surface area contributed by atoms with Crippen LogP contribution in [-0.4, -0.2) is 19.0 Å². The van der Waals surface area contributed by atoms with Crippen molar-refractivity contribution >= 4 is 0 Å². The molecule has 11 heavy (non-hydrogen) atoms. The Morgan fingerprint density at radius 2 is 2.09 bits per heavy atom. The van der Waals surface area contributed by atoms with Crippen molar-refractivity contribution in [3.63, 3.8) is 0 Å². The van der Waals surface area contributed by atoms with E-state index in [4.69, 9.17) is 0 Å². The molecule has 3 heteroatoms. The predicted molar refractivity (Wildman–Crippen MR) is 40.7 cm³/mol. The van der Waals surface area contributed by atoms with Crippen LogP contribution in [0, 0.1) is 11.8 Å². The van der Waals surface area contributed by atoms with E-state index in [-0.39, 0.29) is 11.8 Å². The largest absolute Gasteiger partial charge is 0.314 e. The van der Waals surface area contributed by atoms with Gasteiger partial charge in [0.1, 0.15) is 0 Å². The Morgan fingerprint density at radius 1 is 1.45 bits per heavy atom. The zero-order chi connectivity index (χ0) is 8.43. The van der Waals surface area contributed by atoms with Crippen molar-refractivity contribution in [2.45, 2.75) is 32.7 Å². The molecule has 66 valence electrons. The molecule has 2 atom stereocenters. The molecule has 1 aliphatic carbocycles. The number of nitrogens with one attached hydrogen (secondary N) is 1. The van der Waals surface area contributed by atoms with E-state index in [2.05, 4.69) is 5.32 Å². The molecule has 0 aliphatic heterocycles. The summed E-state index contributed by atoms with van der Waals surface area (Å²) in [6.07, 6.45) is -1.40. The molecule has 0 aromatic heterocycles. The summed E-state index contributed by atoms with van der Waals surface area (Å²) in [6, 6.07) is 0.411. The second kappa shape index (κ2) is 3.48. The maximum Gasteiger partial charge on any atom is 0.241 e. The molecule has 1 saturated carbocycles. The van der Waals surface area contributed by atoms with E-state index in [9.17, 15) is 8.78 Å². The molecule has 2 unspecified atom stereocenters. The topological polar surface area (TPSA) is 12.0 Å². The SMILES string of the molecule is CC(C)NCC1CC1C(F)F. The molecule has 1 aliphatic rings. The van der Waals surface area contributed by atoms with E-state index in [0.29, 0.717) is 12.5 Å². The van der Waals surface area contributed by atoms with E-state index < -0.39 is 6.43 Å². The van der Waals surface area contributed by atoms with Crippen LogP contribution >= 0.6 is 0 Å². The number of hydrogen-bond acceptors (Lipinski definition) is 1. The zero-order valence-electron chi connectivity index (χ0n) is 6.98. The van der Waals surface area contributed by atoms with Crippen molar-refractivity contribution in [3.8, 4) is 0 Å². The molecule has 1 rings (SSSR count). The molecule has 1 N–H and O–H groups in total. The van der Waals surface area contributed by atoms with Crippen molar-refractivity contribution in [1.29, 1.82) is 0 Å². The second-order valence-corrected chi connectivity index (χ2v) is 3.56. The quantitative estimate of drug-likeness (QED) is 0.667. The van der Waals surface area contributed by atoms with Gasteiger partial charge in [0.2, 0.25) is 6.43 Å². The van der Waals surface area contributed by atoms with Crippen LogP contribution in [0.25, 0.3) is 0 Å². The summed E-state index contributed by atoms with van der Waals surface area (Å²) in [5, 5.41) is 3.16. The Morgan fingerprint density at radius 3 is 2.45 bits per heavy atom. The maximum atomic E-state index is 12.0. The van der Waals surface area contributed by atoms with E-state index in [0.717, 1.165) is 6.54 Å². The molecule has 0 aromatic carbocycles. The third kappa shape index (κ3) is 2.73. The monoisotopic (exact) mass is 163 g/mol. The molecular weight excluding hydrogens is 148 g/mol. The highest BCUT2D eigenvalue weighted by Gasteiger charge is 2.43. The van der Waals surface area contributed by atoms with Gasteiger partial charge in [-0.2, -0.15) is 0 Å². The summed E-state index contributed by atoms with van der Waals surface area (Å²) in [4.78, 5) is 0. The van der Waals surface area contributed by atoms with E-state index in [1.54, 1.807) is 0 Å².